The second-order valence-electron chi connectivity index (χ2n) is 10.8. The molecule has 0 radical (unpaired) electrons. The van der Waals surface area contributed by atoms with Crippen LogP contribution >= 0.6 is 0 Å². The number of benzene rings is 4. The SMILES string of the molecule is CCN1CCN(C(=O)CC(c2cccc(Oc3ccccc3)c2)c2cn(Cc3ccccc3)c3ccccc23)CC1. The third kappa shape index (κ3) is 6.21. The molecule has 1 aliphatic rings. The van der Waals surface area contributed by atoms with Gasteiger partial charge in [0.2, 0.25) is 5.91 Å². The van der Waals surface area contributed by atoms with Crippen LogP contribution in [0, 0.1) is 0 Å². The van der Waals surface area contributed by atoms with Crippen molar-refractivity contribution in [2.45, 2.75) is 25.8 Å². The number of carbonyl (C=O) groups excluding carboxylic acids is 1. The molecule has 6 rings (SSSR count). The van der Waals surface area contributed by atoms with Crippen molar-refractivity contribution in [1.29, 1.82) is 0 Å². The average Bonchev–Trinajstić information content (AvgIpc) is 3.38. The summed E-state index contributed by atoms with van der Waals surface area (Å²) in [5, 5.41) is 1.19. The number of aromatic nitrogens is 1. The Hall–Kier alpha value is -4.35. The number of ether oxygens (including phenoxy) is 1. The van der Waals surface area contributed by atoms with Gasteiger partial charge in [0.1, 0.15) is 11.5 Å². The highest BCUT2D eigenvalue weighted by Crippen LogP contribution is 2.37. The van der Waals surface area contributed by atoms with E-state index in [4.69, 9.17) is 4.74 Å². The second kappa shape index (κ2) is 12.4. The van der Waals surface area contributed by atoms with Crippen molar-refractivity contribution < 1.29 is 9.53 Å². The van der Waals surface area contributed by atoms with Gasteiger partial charge in [-0.05, 0) is 53.6 Å². The van der Waals surface area contributed by atoms with E-state index in [0.29, 0.717) is 6.42 Å². The largest absolute Gasteiger partial charge is 0.457 e. The number of para-hydroxylation sites is 2. The molecule has 5 nitrogen and oxygen atoms in total. The van der Waals surface area contributed by atoms with Gasteiger partial charge >= 0.3 is 0 Å². The first-order valence-corrected chi connectivity index (χ1v) is 14.6. The van der Waals surface area contributed by atoms with E-state index in [1.807, 2.05) is 47.4 Å². The van der Waals surface area contributed by atoms with Gasteiger partial charge < -0.3 is 19.1 Å². The fraction of sp³-hybridized carbons (Fsp3) is 0.250. The molecule has 208 valence electrons. The van der Waals surface area contributed by atoms with E-state index in [1.165, 1.54) is 22.0 Å². The minimum absolute atomic E-state index is 0.104. The molecular formula is C36H37N3O2. The van der Waals surface area contributed by atoms with Crippen LogP contribution in [0.25, 0.3) is 10.9 Å². The van der Waals surface area contributed by atoms with E-state index in [-0.39, 0.29) is 11.8 Å². The molecule has 2 heterocycles. The Kier molecular flexibility index (Phi) is 8.15. The van der Waals surface area contributed by atoms with Gasteiger partial charge in [0, 0.05) is 62.2 Å². The summed E-state index contributed by atoms with van der Waals surface area (Å²) in [7, 11) is 0. The van der Waals surface area contributed by atoms with Crippen molar-refractivity contribution in [2.24, 2.45) is 0 Å². The summed E-state index contributed by atoms with van der Waals surface area (Å²) in [4.78, 5) is 18.3. The molecule has 1 saturated heterocycles. The van der Waals surface area contributed by atoms with Crippen LogP contribution in [-0.4, -0.2) is 53.0 Å². The van der Waals surface area contributed by atoms with Gasteiger partial charge in [-0.2, -0.15) is 0 Å². The lowest BCUT2D eigenvalue weighted by atomic mass is 9.87. The lowest BCUT2D eigenvalue weighted by Gasteiger charge is -2.35. The van der Waals surface area contributed by atoms with E-state index >= 15 is 0 Å². The van der Waals surface area contributed by atoms with Crippen LogP contribution in [0.3, 0.4) is 0 Å². The molecule has 0 bridgehead atoms. The maximum Gasteiger partial charge on any atom is 0.223 e. The number of carbonyl (C=O) groups is 1. The molecular weight excluding hydrogens is 506 g/mol. The highest BCUT2D eigenvalue weighted by atomic mass is 16.5. The number of fused-ring (bicyclic) bond motifs is 1. The molecule has 0 spiro atoms. The van der Waals surface area contributed by atoms with Gasteiger partial charge in [-0.25, -0.2) is 0 Å². The minimum atomic E-state index is -0.104. The van der Waals surface area contributed by atoms with Gasteiger partial charge in [0.25, 0.3) is 0 Å². The Bertz CT molecular complexity index is 1590. The van der Waals surface area contributed by atoms with Crippen LogP contribution in [0.5, 0.6) is 11.5 Å². The summed E-state index contributed by atoms with van der Waals surface area (Å²) in [6.45, 7) is 7.42. The number of amides is 1. The van der Waals surface area contributed by atoms with E-state index in [2.05, 4.69) is 89.3 Å². The molecule has 1 atom stereocenters. The second-order valence-corrected chi connectivity index (χ2v) is 10.8. The number of piperazine rings is 1. The molecule has 0 saturated carbocycles. The number of rotatable bonds is 9. The highest BCUT2D eigenvalue weighted by molar-refractivity contribution is 5.87. The summed E-state index contributed by atoms with van der Waals surface area (Å²) < 4.78 is 8.54. The maximum absolute atomic E-state index is 13.8. The first-order chi connectivity index (χ1) is 20.2. The van der Waals surface area contributed by atoms with Crippen LogP contribution in [0.4, 0.5) is 0 Å². The molecule has 5 aromatic rings. The first kappa shape index (κ1) is 26.9. The standard InChI is InChI=1S/C36H37N3O2/c1-2-37-20-22-38(23-21-37)36(40)25-33(29-14-11-17-31(24-29)41-30-15-7-4-8-16-30)34-27-39(26-28-12-5-3-6-13-28)35-19-10-9-18-32(34)35/h3-19,24,27,33H,2,20-23,25-26H2,1H3. The summed E-state index contributed by atoms with van der Waals surface area (Å²) in [6.07, 6.45) is 2.68. The zero-order chi connectivity index (χ0) is 28.0. The quantitative estimate of drug-likeness (QED) is 0.198. The third-order valence-corrected chi connectivity index (χ3v) is 8.18. The molecule has 1 fully saturated rings. The number of likely N-dealkylation sites (N-methyl/N-ethyl adjacent to an activating group) is 1. The monoisotopic (exact) mass is 543 g/mol. The fourth-order valence-electron chi connectivity index (χ4n) is 5.91. The Labute approximate surface area is 242 Å². The Morgan fingerprint density at radius 1 is 0.780 bits per heavy atom. The molecule has 1 amide bonds. The topological polar surface area (TPSA) is 37.7 Å². The first-order valence-electron chi connectivity index (χ1n) is 14.6. The Balaban J connectivity index is 1.37. The fourth-order valence-corrected chi connectivity index (χ4v) is 5.91. The number of hydrogen-bond acceptors (Lipinski definition) is 3. The summed E-state index contributed by atoms with van der Waals surface area (Å²) in [5.74, 6) is 1.68. The normalized spacial score (nSPS) is 14.7. The van der Waals surface area contributed by atoms with Crippen molar-refractivity contribution in [3.63, 3.8) is 0 Å². The smallest absolute Gasteiger partial charge is 0.223 e. The molecule has 5 heteroatoms. The molecule has 1 aromatic heterocycles. The van der Waals surface area contributed by atoms with Crippen molar-refractivity contribution in [1.82, 2.24) is 14.4 Å². The van der Waals surface area contributed by atoms with Crippen LogP contribution in [0.1, 0.15) is 36.0 Å². The number of nitrogens with zero attached hydrogens (tertiary/aromatic N) is 3. The van der Waals surface area contributed by atoms with Crippen LogP contribution in [0.2, 0.25) is 0 Å². The van der Waals surface area contributed by atoms with E-state index in [1.54, 1.807) is 0 Å². The lowest BCUT2D eigenvalue weighted by Crippen LogP contribution is -2.48. The lowest BCUT2D eigenvalue weighted by molar-refractivity contribution is -0.133. The van der Waals surface area contributed by atoms with Gasteiger partial charge in [-0.15, -0.1) is 0 Å². The van der Waals surface area contributed by atoms with Crippen LogP contribution in [0.15, 0.2) is 115 Å². The van der Waals surface area contributed by atoms with E-state index < -0.39 is 0 Å². The zero-order valence-electron chi connectivity index (χ0n) is 23.7. The van der Waals surface area contributed by atoms with Crippen molar-refractivity contribution in [3.05, 3.63) is 132 Å². The Morgan fingerprint density at radius 2 is 1.46 bits per heavy atom. The Morgan fingerprint density at radius 3 is 2.22 bits per heavy atom. The van der Waals surface area contributed by atoms with Crippen molar-refractivity contribution in [2.75, 3.05) is 32.7 Å². The van der Waals surface area contributed by atoms with Gasteiger partial charge in [0.05, 0.1) is 0 Å². The van der Waals surface area contributed by atoms with Gasteiger partial charge in [-0.3, -0.25) is 4.79 Å². The van der Waals surface area contributed by atoms with E-state index in [0.717, 1.165) is 56.3 Å². The van der Waals surface area contributed by atoms with Crippen molar-refractivity contribution >= 4 is 16.8 Å². The van der Waals surface area contributed by atoms with Crippen LogP contribution < -0.4 is 4.74 Å². The van der Waals surface area contributed by atoms with E-state index in [9.17, 15) is 4.79 Å². The summed E-state index contributed by atoms with van der Waals surface area (Å²) in [6, 6.07) is 37.2. The predicted octanol–water partition coefficient (Wildman–Crippen LogP) is 7.17. The molecule has 1 aliphatic heterocycles. The highest BCUT2D eigenvalue weighted by Gasteiger charge is 2.27. The molecule has 41 heavy (non-hydrogen) atoms. The summed E-state index contributed by atoms with van der Waals surface area (Å²) in [5.41, 5.74) is 4.69. The zero-order valence-corrected chi connectivity index (χ0v) is 23.7. The van der Waals surface area contributed by atoms with Crippen molar-refractivity contribution in [3.8, 4) is 11.5 Å². The van der Waals surface area contributed by atoms with Gasteiger partial charge in [0.15, 0.2) is 0 Å². The molecule has 4 aromatic carbocycles. The molecule has 0 N–H and O–H groups in total. The summed E-state index contributed by atoms with van der Waals surface area (Å²) >= 11 is 0. The molecule has 0 aliphatic carbocycles. The molecule has 1 unspecified atom stereocenters. The van der Waals surface area contributed by atoms with Crippen LogP contribution in [-0.2, 0) is 11.3 Å². The maximum atomic E-state index is 13.8. The minimum Gasteiger partial charge on any atom is -0.457 e. The average molecular weight is 544 g/mol. The third-order valence-electron chi connectivity index (χ3n) is 8.18. The number of hydrogen-bond donors (Lipinski definition) is 0. The van der Waals surface area contributed by atoms with Gasteiger partial charge in [-0.1, -0.05) is 85.8 Å². The predicted molar refractivity (Wildman–Crippen MR) is 166 cm³/mol.